The van der Waals surface area contributed by atoms with Crippen LogP contribution in [0.15, 0.2) is 91.3 Å². The van der Waals surface area contributed by atoms with Crippen molar-refractivity contribution in [3.05, 3.63) is 97.1 Å². The van der Waals surface area contributed by atoms with Crippen LogP contribution in [-0.2, 0) is 0 Å². The van der Waals surface area contributed by atoms with Gasteiger partial charge in [-0.15, -0.1) is 0 Å². The Bertz CT molecular complexity index is 1380. The lowest BCUT2D eigenvalue weighted by Gasteiger charge is -2.09. The summed E-state index contributed by atoms with van der Waals surface area (Å²) in [4.78, 5) is 8.63. The zero-order valence-corrected chi connectivity index (χ0v) is 16.4. The van der Waals surface area contributed by atoms with Gasteiger partial charge in [-0.1, -0.05) is 12.1 Å². The van der Waals surface area contributed by atoms with Gasteiger partial charge in [-0.25, -0.2) is 9.37 Å². The molecule has 5 aromatic rings. The monoisotopic (exact) mass is 411 g/mol. The van der Waals surface area contributed by atoms with Crippen LogP contribution in [0, 0.1) is 5.82 Å². The lowest BCUT2D eigenvalue weighted by molar-refractivity contribution is 0.463. The predicted molar refractivity (Wildman–Crippen MR) is 119 cm³/mol. The van der Waals surface area contributed by atoms with E-state index in [-0.39, 0.29) is 5.82 Å². The molecule has 3 N–H and O–H groups in total. The molecule has 0 spiro atoms. The standard InChI is InChI=1S/C24H18FN5O/c25-17-3-1-6-20(14-17)30-12-10-16-13-21(7-8-22(16)30)31-23-9-11-27-24(29-23)28-19-5-2-4-18(26)15-19/h1-15H,26H2,(H,27,28,29). The van der Waals surface area contributed by atoms with E-state index in [0.717, 1.165) is 22.3 Å². The lowest BCUT2D eigenvalue weighted by Crippen LogP contribution is -1.99. The molecular weight excluding hydrogens is 393 g/mol. The third kappa shape index (κ3) is 4.02. The molecule has 0 atom stereocenters. The average Bonchev–Trinajstić information content (AvgIpc) is 3.17. The van der Waals surface area contributed by atoms with Gasteiger partial charge in [-0.3, -0.25) is 0 Å². The van der Waals surface area contributed by atoms with Crippen molar-refractivity contribution in [1.82, 2.24) is 14.5 Å². The summed E-state index contributed by atoms with van der Waals surface area (Å²) in [5, 5.41) is 4.08. The quantitative estimate of drug-likeness (QED) is 0.364. The van der Waals surface area contributed by atoms with Crippen molar-refractivity contribution in [2.45, 2.75) is 0 Å². The Morgan fingerprint density at radius 2 is 1.84 bits per heavy atom. The minimum Gasteiger partial charge on any atom is -0.439 e. The first-order valence-corrected chi connectivity index (χ1v) is 9.65. The van der Waals surface area contributed by atoms with Crippen molar-refractivity contribution in [3.8, 4) is 17.3 Å². The average molecular weight is 411 g/mol. The summed E-state index contributed by atoms with van der Waals surface area (Å²) < 4.78 is 21.5. The van der Waals surface area contributed by atoms with E-state index < -0.39 is 0 Å². The summed E-state index contributed by atoms with van der Waals surface area (Å²) in [6.07, 6.45) is 3.53. The van der Waals surface area contributed by atoms with Gasteiger partial charge in [0.15, 0.2) is 0 Å². The second kappa shape index (κ2) is 7.79. The summed E-state index contributed by atoms with van der Waals surface area (Å²) in [6.45, 7) is 0. The molecule has 0 aliphatic carbocycles. The largest absolute Gasteiger partial charge is 0.439 e. The number of nitrogen functional groups attached to an aromatic ring is 1. The third-order valence-electron chi connectivity index (χ3n) is 4.74. The highest BCUT2D eigenvalue weighted by molar-refractivity contribution is 5.83. The minimum atomic E-state index is -0.273. The molecule has 0 amide bonds. The molecule has 0 fully saturated rings. The number of nitrogens with zero attached hydrogens (tertiary/aromatic N) is 3. The van der Waals surface area contributed by atoms with E-state index in [1.54, 1.807) is 24.4 Å². The zero-order chi connectivity index (χ0) is 21.2. The predicted octanol–water partition coefficient (Wildman–Crippen LogP) is 5.68. The molecule has 0 aliphatic heterocycles. The molecule has 0 aliphatic rings. The maximum absolute atomic E-state index is 13.6. The van der Waals surface area contributed by atoms with Crippen molar-refractivity contribution in [2.24, 2.45) is 0 Å². The fourth-order valence-corrected chi connectivity index (χ4v) is 3.36. The Hall–Kier alpha value is -4.39. The molecule has 0 unspecified atom stereocenters. The van der Waals surface area contributed by atoms with Crippen molar-refractivity contribution >= 4 is 28.2 Å². The normalized spacial score (nSPS) is 10.9. The molecule has 2 heterocycles. The van der Waals surface area contributed by atoms with Crippen LogP contribution in [0.25, 0.3) is 16.6 Å². The first-order valence-electron chi connectivity index (χ1n) is 9.65. The topological polar surface area (TPSA) is 78.0 Å². The molecule has 152 valence electrons. The van der Waals surface area contributed by atoms with E-state index in [9.17, 15) is 4.39 Å². The van der Waals surface area contributed by atoms with Crippen LogP contribution < -0.4 is 15.8 Å². The Morgan fingerprint density at radius 3 is 2.71 bits per heavy atom. The number of hydrogen-bond acceptors (Lipinski definition) is 5. The molecular formula is C24H18FN5O. The Morgan fingerprint density at radius 1 is 0.935 bits per heavy atom. The van der Waals surface area contributed by atoms with Crippen molar-refractivity contribution in [2.75, 3.05) is 11.1 Å². The van der Waals surface area contributed by atoms with Crippen molar-refractivity contribution in [3.63, 3.8) is 0 Å². The van der Waals surface area contributed by atoms with Crippen LogP contribution in [0.5, 0.6) is 11.6 Å². The maximum Gasteiger partial charge on any atom is 0.230 e. The number of anilines is 3. The van der Waals surface area contributed by atoms with E-state index in [4.69, 9.17) is 10.5 Å². The van der Waals surface area contributed by atoms with Crippen LogP contribution in [0.3, 0.4) is 0 Å². The summed E-state index contributed by atoms with van der Waals surface area (Å²) in [5.74, 6) is 1.18. The van der Waals surface area contributed by atoms with Gasteiger partial charge in [-0.05, 0) is 60.7 Å². The second-order valence-electron chi connectivity index (χ2n) is 6.96. The number of fused-ring (bicyclic) bond motifs is 1. The van der Waals surface area contributed by atoms with Gasteiger partial charge in [0, 0.05) is 40.9 Å². The van der Waals surface area contributed by atoms with Crippen molar-refractivity contribution in [1.29, 1.82) is 0 Å². The molecule has 5 rings (SSSR count). The van der Waals surface area contributed by atoms with E-state index in [2.05, 4.69) is 15.3 Å². The summed E-state index contributed by atoms with van der Waals surface area (Å²) >= 11 is 0. The first-order chi connectivity index (χ1) is 15.1. The van der Waals surface area contributed by atoms with Crippen LogP contribution in [0.2, 0.25) is 0 Å². The fraction of sp³-hybridized carbons (Fsp3) is 0. The van der Waals surface area contributed by atoms with E-state index in [0.29, 0.717) is 23.3 Å². The first kappa shape index (κ1) is 18.6. The van der Waals surface area contributed by atoms with E-state index in [1.807, 2.05) is 59.3 Å². The number of nitrogens with one attached hydrogen (secondary N) is 1. The van der Waals surface area contributed by atoms with Crippen LogP contribution in [0.1, 0.15) is 0 Å². The van der Waals surface area contributed by atoms with Gasteiger partial charge >= 0.3 is 0 Å². The van der Waals surface area contributed by atoms with E-state index >= 15 is 0 Å². The van der Waals surface area contributed by atoms with Crippen LogP contribution >= 0.6 is 0 Å². The zero-order valence-electron chi connectivity index (χ0n) is 16.4. The molecule has 7 heteroatoms. The van der Waals surface area contributed by atoms with Gasteiger partial charge in [-0.2, -0.15) is 4.98 Å². The maximum atomic E-state index is 13.6. The molecule has 0 saturated carbocycles. The Kier molecular flexibility index (Phi) is 4.68. The molecule has 2 aromatic heterocycles. The summed E-state index contributed by atoms with van der Waals surface area (Å²) in [5.41, 5.74) is 8.96. The number of rotatable bonds is 5. The highest BCUT2D eigenvalue weighted by atomic mass is 19.1. The SMILES string of the molecule is Nc1cccc(Nc2nccc(Oc3ccc4c(ccn4-c4cccc(F)c4)c3)n2)c1. The molecule has 0 bridgehead atoms. The fourth-order valence-electron chi connectivity index (χ4n) is 3.36. The molecule has 3 aromatic carbocycles. The van der Waals surface area contributed by atoms with Crippen LogP contribution in [-0.4, -0.2) is 14.5 Å². The third-order valence-corrected chi connectivity index (χ3v) is 4.74. The lowest BCUT2D eigenvalue weighted by atomic mass is 10.2. The van der Waals surface area contributed by atoms with E-state index in [1.165, 1.54) is 12.1 Å². The second-order valence-corrected chi connectivity index (χ2v) is 6.96. The molecule has 0 saturated heterocycles. The highest BCUT2D eigenvalue weighted by Crippen LogP contribution is 2.28. The number of hydrogen-bond donors (Lipinski definition) is 2. The molecule has 6 nitrogen and oxygen atoms in total. The molecule has 31 heavy (non-hydrogen) atoms. The van der Waals surface area contributed by atoms with Crippen molar-refractivity contribution < 1.29 is 9.13 Å². The highest BCUT2D eigenvalue weighted by Gasteiger charge is 2.08. The van der Waals surface area contributed by atoms with Crippen LogP contribution in [0.4, 0.5) is 21.7 Å². The number of ether oxygens (including phenoxy) is 1. The number of halogens is 1. The summed E-state index contributed by atoms with van der Waals surface area (Å²) in [7, 11) is 0. The smallest absolute Gasteiger partial charge is 0.230 e. The van der Waals surface area contributed by atoms with Gasteiger partial charge < -0.3 is 20.4 Å². The number of aromatic nitrogens is 3. The van der Waals surface area contributed by atoms with Gasteiger partial charge in [0.05, 0.1) is 5.52 Å². The Labute approximate surface area is 177 Å². The number of nitrogens with two attached hydrogens (primary N) is 1. The van der Waals surface area contributed by atoms with Gasteiger partial charge in [0.2, 0.25) is 11.8 Å². The van der Waals surface area contributed by atoms with Gasteiger partial charge in [0.1, 0.15) is 11.6 Å². The summed E-state index contributed by atoms with van der Waals surface area (Å²) in [6, 6.07) is 23.2. The number of benzene rings is 3. The minimum absolute atomic E-state index is 0.273. The molecule has 0 radical (unpaired) electrons. The Balaban J connectivity index is 1.38. The van der Waals surface area contributed by atoms with Gasteiger partial charge in [0.25, 0.3) is 0 Å².